The van der Waals surface area contributed by atoms with Crippen molar-refractivity contribution in [3.05, 3.63) is 35.4 Å². The van der Waals surface area contributed by atoms with Gasteiger partial charge in [-0.1, -0.05) is 26.0 Å². The van der Waals surface area contributed by atoms with E-state index in [0.717, 1.165) is 12.1 Å². The van der Waals surface area contributed by atoms with E-state index in [4.69, 9.17) is 5.73 Å². The second kappa shape index (κ2) is 9.05. The molecule has 0 heterocycles. The monoisotopic (exact) mass is 381 g/mol. The highest BCUT2D eigenvalue weighted by Gasteiger charge is 2.35. The van der Waals surface area contributed by atoms with E-state index in [0.29, 0.717) is 0 Å². The predicted molar refractivity (Wildman–Crippen MR) is 91.5 cm³/mol. The lowest BCUT2D eigenvalue weighted by atomic mass is 9.88. The molecule has 0 saturated carbocycles. The Kier molecular flexibility index (Phi) is 8.40. The van der Waals surface area contributed by atoms with Crippen LogP contribution in [-0.4, -0.2) is 30.4 Å². The van der Waals surface area contributed by atoms with Crippen LogP contribution in [0.3, 0.4) is 0 Å². The molecule has 25 heavy (non-hydrogen) atoms. The summed E-state index contributed by atoms with van der Waals surface area (Å²) in [6, 6.07) is 4.41. The van der Waals surface area contributed by atoms with Gasteiger partial charge in [0.2, 0.25) is 5.91 Å². The number of halogens is 4. The Labute approximate surface area is 150 Å². The maximum absolute atomic E-state index is 12.9. The maximum Gasteiger partial charge on any atom is 0.417 e. The number of nitrogens with two attached hydrogens (primary N) is 1. The quantitative estimate of drug-likeness (QED) is 0.707. The molecule has 142 valence electrons. The average molecular weight is 382 g/mol. The van der Waals surface area contributed by atoms with Crippen molar-refractivity contribution in [2.75, 3.05) is 13.1 Å². The van der Waals surface area contributed by atoms with E-state index in [2.05, 4.69) is 10.6 Å². The van der Waals surface area contributed by atoms with Gasteiger partial charge in [-0.25, -0.2) is 0 Å². The van der Waals surface area contributed by atoms with Crippen molar-refractivity contribution in [3.8, 4) is 0 Å². The molecule has 0 aliphatic rings. The summed E-state index contributed by atoms with van der Waals surface area (Å²) < 4.78 is 38.7. The number of hydrogen-bond donors (Lipinski definition) is 3. The molecule has 9 heteroatoms. The van der Waals surface area contributed by atoms with Crippen molar-refractivity contribution in [2.24, 2.45) is 11.7 Å². The van der Waals surface area contributed by atoms with Gasteiger partial charge in [0.05, 0.1) is 23.2 Å². The van der Waals surface area contributed by atoms with E-state index in [9.17, 15) is 22.8 Å². The van der Waals surface area contributed by atoms with Crippen molar-refractivity contribution < 1.29 is 22.8 Å². The fourth-order valence-corrected chi connectivity index (χ4v) is 1.98. The van der Waals surface area contributed by atoms with Crippen LogP contribution in [0.15, 0.2) is 24.3 Å². The zero-order valence-electron chi connectivity index (χ0n) is 14.2. The molecular formula is C16H23ClF3N3O2. The van der Waals surface area contributed by atoms with Crippen LogP contribution in [0.4, 0.5) is 13.2 Å². The minimum Gasteiger partial charge on any atom is -0.348 e. The van der Waals surface area contributed by atoms with Gasteiger partial charge in [0.25, 0.3) is 5.91 Å². The Morgan fingerprint density at radius 2 is 1.76 bits per heavy atom. The fourth-order valence-electron chi connectivity index (χ4n) is 1.98. The van der Waals surface area contributed by atoms with Crippen LogP contribution in [-0.2, 0) is 11.0 Å². The first kappa shape index (κ1) is 23.2. The Balaban J connectivity index is 0.00000576. The Morgan fingerprint density at radius 3 is 2.24 bits per heavy atom. The SMILES string of the molecule is CC(C)C(C)(CN)NC(=O)CNC(=O)c1ccccc1C(F)(F)F.Cl. The first-order valence-corrected chi connectivity index (χ1v) is 7.46. The van der Waals surface area contributed by atoms with Gasteiger partial charge >= 0.3 is 6.18 Å². The molecule has 0 spiro atoms. The third-order valence-corrected chi connectivity index (χ3v) is 4.01. The number of hydrogen-bond acceptors (Lipinski definition) is 3. The number of carbonyl (C=O) groups is 2. The number of carbonyl (C=O) groups excluding carboxylic acids is 2. The molecule has 1 rings (SSSR count). The lowest BCUT2D eigenvalue weighted by Crippen LogP contribution is -2.56. The lowest BCUT2D eigenvalue weighted by molar-refractivity contribution is -0.137. The molecule has 1 aromatic rings. The molecule has 0 aromatic heterocycles. The van der Waals surface area contributed by atoms with Crippen molar-refractivity contribution in [1.29, 1.82) is 0 Å². The molecule has 0 saturated heterocycles. The van der Waals surface area contributed by atoms with Crippen molar-refractivity contribution in [2.45, 2.75) is 32.5 Å². The first-order chi connectivity index (χ1) is 11.0. The molecule has 0 aliphatic carbocycles. The van der Waals surface area contributed by atoms with Crippen LogP contribution in [0.1, 0.15) is 36.7 Å². The zero-order chi connectivity index (χ0) is 18.5. The average Bonchev–Trinajstić information content (AvgIpc) is 2.51. The Hall–Kier alpha value is -1.80. The first-order valence-electron chi connectivity index (χ1n) is 7.46. The summed E-state index contributed by atoms with van der Waals surface area (Å²) in [5.74, 6) is -1.43. The summed E-state index contributed by atoms with van der Waals surface area (Å²) in [5, 5.41) is 4.90. The fraction of sp³-hybridized carbons (Fsp3) is 0.500. The Bertz CT molecular complexity index is 609. The van der Waals surface area contributed by atoms with E-state index >= 15 is 0 Å². The molecule has 5 nitrogen and oxygen atoms in total. The second-order valence-electron chi connectivity index (χ2n) is 6.05. The normalized spacial score (nSPS) is 13.6. The van der Waals surface area contributed by atoms with Crippen LogP contribution < -0.4 is 16.4 Å². The highest BCUT2D eigenvalue weighted by atomic mass is 35.5. The van der Waals surface area contributed by atoms with E-state index in [1.165, 1.54) is 12.1 Å². The molecule has 0 radical (unpaired) electrons. The Morgan fingerprint density at radius 1 is 1.20 bits per heavy atom. The minimum absolute atomic E-state index is 0. The molecule has 0 aliphatic heterocycles. The van der Waals surface area contributed by atoms with Crippen LogP contribution in [0.25, 0.3) is 0 Å². The minimum atomic E-state index is -4.65. The van der Waals surface area contributed by atoms with Gasteiger partial charge in [0.1, 0.15) is 0 Å². The second-order valence-corrected chi connectivity index (χ2v) is 6.05. The third-order valence-electron chi connectivity index (χ3n) is 4.01. The molecule has 1 unspecified atom stereocenters. The standard InChI is InChI=1S/C16H22F3N3O2.ClH/c1-10(2)15(3,9-20)22-13(23)8-21-14(24)11-6-4-5-7-12(11)16(17,18)19;/h4-7,10H,8-9,20H2,1-3H3,(H,21,24)(H,22,23);1H. The van der Waals surface area contributed by atoms with Crippen molar-refractivity contribution >= 4 is 24.2 Å². The number of alkyl halides is 3. The van der Waals surface area contributed by atoms with Gasteiger partial charge in [0.15, 0.2) is 0 Å². The summed E-state index contributed by atoms with van der Waals surface area (Å²) in [4.78, 5) is 23.9. The van der Waals surface area contributed by atoms with Crippen molar-refractivity contribution in [1.82, 2.24) is 10.6 Å². The van der Waals surface area contributed by atoms with E-state index < -0.39 is 41.2 Å². The van der Waals surface area contributed by atoms with Crippen LogP contribution in [0, 0.1) is 5.92 Å². The maximum atomic E-state index is 12.9. The van der Waals surface area contributed by atoms with Gasteiger partial charge in [0, 0.05) is 6.54 Å². The molecule has 0 fully saturated rings. The van der Waals surface area contributed by atoms with E-state index in [1.807, 2.05) is 13.8 Å². The summed E-state index contributed by atoms with van der Waals surface area (Å²) in [7, 11) is 0. The summed E-state index contributed by atoms with van der Waals surface area (Å²) >= 11 is 0. The van der Waals surface area contributed by atoms with Gasteiger partial charge in [-0.15, -0.1) is 12.4 Å². The lowest BCUT2D eigenvalue weighted by Gasteiger charge is -2.33. The van der Waals surface area contributed by atoms with Crippen LogP contribution in [0.5, 0.6) is 0 Å². The summed E-state index contributed by atoms with van der Waals surface area (Å²) in [6.07, 6.45) is -4.65. The summed E-state index contributed by atoms with van der Waals surface area (Å²) in [5.41, 5.74) is 3.41. The van der Waals surface area contributed by atoms with E-state index in [1.54, 1.807) is 6.92 Å². The number of rotatable bonds is 6. The van der Waals surface area contributed by atoms with Gasteiger partial charge in [-0.05, 0) is 25.0 Å². The van der Waals surface area contributed by atoms with Gasteiger partial charge < -0.3 is 16.4 Å². The molecule has 0 bridgehead atoms. The van der Waals surface area contributed by atoms with Gasteiger partial charge in [-0.2, -0.15) is 13.2 Å². The topological polar surface area (TPSA) is 84.2 Å². The largest absolute Gasteiger partial charge is 0.417 e. The highest BCUT2D eigenvalue weighted by molar-refractivity contribution is 5.97. The zero-order valence-corrected chi connectivity index (χ0v) is 15.1. The number of amides is 2. The molecular weight excluding hydrogens is 359 g/mol. The number of nitrogens with one attached hydrogen (secondary N) is 2. The van der Waals surface area contributed by atoms with Crippen LogP contribution >= 0.6 is 12.4 Å². The van der Waals surface area contributed by atoms with E-state index in [-0.39, 0.29) is 24.9 Å². The molecule has 1 atom stereocenters. The molecule has 2 amide bonds. The number of benzene rings is 1. The highest BCUT2D eigenvalue weighted by Crippen LogP contribution is 2.31. The van der Waals surface area contributed by atoms with Crippen LogP contribution in [0.2, 0.25) is 0 Å². The third kappa shape index (κ3) is 6.21. The van der Waals surface area contributed by atoms with Crippen molar-refractivity contribution in [3.63, 3.8) is 0 Å². The molecule has 1 aromatic carbocycles. The van der Waals surface area contributed by atoms with Gasteiger partial charge in [-0.3, -0.25) is 9.59 Å². The smallest absolute Gasteiger partial charge is 0.348 e. The predicted octanol–water partition coefficient (Wildman–Crippen LogP) is 2.35. The molecule has 4 N–H and O–H groups in total. The summed E-state index contributed by atoms with van der Waals surface area (Å²) in [6.45, 7) is 5.28.